The molecule has 0 aliphatic heterocycles. The Morgan fingerprint density at radius 1 is 1.69 bits per heavy atom. The van der Waals surface area contributed by atoms with E-state index in [1.54, 1.807) is 6.20 Å². The third kappa shape index (κ3) is 2.89. The molecule has 0 unspecified atom stereocenters. The fourth-order valence-electron chi connectivity index (χ4n) is 1.03. The number of hydrogen-bond donors (Lipinski definition) is 2. The second-order valence-electron chi connectivity index (χ2n) is 3.57. The SMILES string of the molecule is Cc1cn[nH]c1NC(=O)CC(C)C. The van der Waals surface area contributed by atoms with Gasteiger partial charge in [0.1, 0.15) is 5.82 Å². The van der Waals surface area contributed by atoms with Crippen LogP contribution in [0.3, 0.4) is 0 Å². The Morgan fingerprint density at radius 2 is 2.38 bits per heavy atom. The van der Waals surface area contributed by atoms with Crippen LogP contribution in [0.15, 0.2) is 6.20 Å². The minimum Gasteiger partial charge on any atom is -0.311 e. The number of nitrogens with zero attached hydrogens (tertiary/aromatic N) is 1. The van der Waals surface area contributed by atoms with Crippen molar-refractivity contribution in [3.05, 3.63) is 11.8 Å². The van der Waals surface area contributed by atoms with Crippen molar-refractivity contribution in [1.29, 1.82) is 0 Å². The summed E-state index contributed by atoms with van der Waals surface area (Å²) in [6.07, 6.45) is 2.23. The smallest absolute Gasteiger partial charge is 0.225 e. The first kappa shape index (κ1) is 9.77. The highest BCUT2D eigenvalue weighted by molar-refractivity contribution is 5.90. The fraction of sp³-hybridized carbons (Fsp3) is 0.556. The Hall–Kier alpha value is -1.32. The van der Waals surface area contributed by atoms with Gasteiger partial charge >= 0.3 is 0 Å². The highest BCUT2D eigenvalue weighted by atomic mass is 16.1. The van der Waals surface area contributed by atoms with E-state index in [4.69, 9.17) is 0 Å². The third-order valence-corrected chi connectivity index (χ3v) is 1.69. The van der Waals surface area contributed by atoms with Gasteiger partial charge in [-0.2, -0.15) is 5.10 Å². The summed E-state index contributed by atoms with van der Waals surface area (Å²) in [5.74, 6) is 1.11. The summed E-state index contributed by atoms with van der Waals surface area (Å²) in [6.45, 7) is 5.92. The summed E-state index contributed by atoms with van der Waals surface area (Å²) in [5, 5.41) is 9.31. The predicted molar refractivity (Wildman–Crippen MR) is 51.4 cm³/mol. The van der Waals surface area contributed by atoms with Gasteiger partial charge in [-0.25, -0.2) is 0 Å². The Kier molecular flexibility index (Phi) is 3.06. The molecule has 0 radical (unpaired) electrons. The van der Waals surface area contributed by atoms with E-state index in [9.17, 15) is 4.79 Å². The highest BCUT2D eigenvalue weighted by Gasteiger charge is 2.07. The van der Waals surface area contributed by atoms with Gasteiger partial charge in [0.05, 0.1) is 6.20 Å². The summed E-state index contributed by atoms with van der Waals surface area (Å²) >= 11 is 0. The molecule has 0 aromatic carbocycles. The van der Waals surface area contributed by atoms with Crippen LogP contribution in [0, 0.1) is 12.8 Å². The van der Waals surface area contributed by atoms with E-state index < -0.39 is 0 Å². The van der Waals surface area contributed by atoms with Crippen LogP contribution in [-0.4, -0.2) is 16.1 Å². The van der Waals surface area contributed by atoms with Crippen LogP contribution >= 0.6 is 0 Å². The molecule has 0 saturated heterocycles. The molecule has 1 rings (SSSR count). The van der Waals surface area contributed by atoms with Crippen LogP contribution in [0.25, 0.3) is 0 Å². The Morgan fingerprint density at radius 3 is 2.85 bits per heavy atom. The first-order chi connectivity index (χ1) is 6.09. The largest absolute Gasteiger partial charge is 0.311 e. The van der Waals surface area contributed by atoms with Gasteiger partial charge in [-0.05, 0) is 12.8 Å². The number of anilines is 1. The predicted octanol–water partition coefficient (Wildman–Crippen LogP) is 1.70. The van der Waals surface area contributed by atoms with Gasteiger partial charge in [0.15, 0.2) is 0 Å². The zero-order valence-corrected chi connectivity index (χ0v) is 8.22. The number of rotatable bonds is 3. The zero-order valence-electron chi connectivity index (χ0n) is 8.22. The minimum absolute atomic E-state index is 0.0300. The quantitative estimate of drug-likeness (QED) is 0.745. The van der Waals surface area contributed by atoms with Crippen LogP contribution in [0.4, 0.5) is 5.82 Å². The molecule has 4 nitrogen and oxygen atoms in total. The molecule has 0 atom stereocenters. The summed E-state index contributed by atoms with van der Waals surface area (Å²) in [4.78, 5) is 11.3. The van der Waals surface area contributed by atoms with E-state index in [0.717, 1.165) is 5.56 Å². The van der Waals surface area contributed by atoms with E-state index in [1.807, 2.05) is 20.8 Å². The van der Waals surface area contributed by atoms with Crippen LogP contribution in [0.2, 0.25) is 0 Å². The standard InChI is InChI=1S/C9H15N3O/c1-6(2)4-8(13)11-9-7(3)5-10-12-9/h5-6H,4H2,1-3H3,(H2,10,11,12,13). The van der Waals surface area contributed by atoms with E-state index in [1.165, 1.54) is 0 Å². The van der Waals surface area contributed by atoms with Crippen molar-refractivity contribution < 1.29 is 4.79 Å². The average molecular weight is 181 g/mol. The summed E-state index contributed by atoms with van der Waals surface area (Å²) in [5.41, 5.74) is 0.956. The average Bonchev–Trinajstić information content (AvgIpc) is 2.34. The number of carbonyl (C=O) groups is 1. The topological polar surface area (TPSA) is 57.8 Å². The molecule has 2 N–H and O–H groups in total. The Balaban J connectivity index is 2.50. The number of carbonyl (C=O) groups excluding carboxylic acids is 1. The number of aryl methyl sites for hydroxylation is 1. The van der Waals surface area contributed by atoms with Gasteiger partial charge in [0.2, 0.25) is 5.91 Å². The maximum Gasteiger partial charge on any atom is 0.225 e. The van der Waals surface area contributed by atoms with Gasteiger partial charge < -0.3 is 5.32 Å². The molecule has 0 aliphatic rings. The summed E-state index contributed by atoms with van der Waals surface area (Å²) in [7, 11) is 0. The number of amides is 1. The molecule has 72 valence electrons. The van der Waals surface area contributed by atoms with Crippen LogP contribution in [0.5, 0.6) is 0 Å². The molecule has 0 fully saturated rings. The second-order valence-corrected chi connectivity index (χ2v) is 3.57. The maximum absolute atomic E-state index is 11.3. The van der Waals surface area contributed by atoms with Crippen molar-refractivity contribution in [3.8, 4) is 0 Å². The lowest BCUT2D eigenvalue weighted by molar-refractivity contribution is -0.116. The molecule has 1 heterocycles. The third-order valence-electron chi connectivity index (χ3n) is 1.69. The van der Waals surface area contributed by atoms with Crippen LogP contribution in [0.1, 0.15) is 25.8 Å². The number of H-pyrrole nitrogens is 1. The monoisotopic (exact) mass is 181 g/mol. The molecule has 1 aromatic rings. The number of aromatic nitrogens is 2. The lowest BCUT2D eigenvalue weighted by Crippen LogP contribution is -2.14. The molecule has 0 spiro atoms. The highest BCUT2D eigenvalue weighted by Crippen LogP contribution is 2.09. The second kappa shape index (κ2) is 4.07. The normalized spacial score (nSPS) is 10.5. The van der Waals surface area contributed by atoms with Crippen molar-refractivity contribution in [2.75, 3.05) is 5.32 Å². The van der Waals surface area contributed by atoms with Crippen molar-refractivity contribution in [1.82, 2.24) is 10.2 Å². The molecule has 0 bridgehead atoms. The van der Waals surface area contributed by atoms with Gasteiger partial charge in [-0.15, -0.1) is 0 Å². The van der Waals surface area contributed by atoms with E-state index in [-0.39, 0.29) is 5.91 Å². The Bertz CT molecular complexity index is 291. The molecule has 0 saturated carbocycles. The van der Waals surface area contributed by atoms with Gasteiger partial charge in [0, 0.05) is 12.0 Å². The molecule has 4 heteroatoms. The fourth-order valence-corrected chi connectivity index (χ4v) is 1.03. The van der Waals surface area contributed by atoms with Crippen LogP contribution < -0.4 is 5.32 Å². The van der Waals surface area contributed by atoms with Gasteiger partial charge in [-0.3, -0.25) is 9.89 Å². The lowest BCUT2D eigenvalue weighted by atomic mass is 10.1. The summed E-state index contributed by atoms with van der Waals surface area (Å²) in [6, 6.07) is 0. The number of nitrogens with one attached hydrogen (secondary N) is 2. The van der Waals surface area contributed by atoms with E-state index >= 15 is 0 Å². The molecular weight excluding hydrogens is 166 g/mol. The van der Waals surface area contributed by atoms with Gasteiger partial charge in [-0.1, -0.05) is 13.8 Å². The Labute approximate surface area is 77.7 Å². The number of hydrogen-bond acceptors (Lipinski definition) is 2. The first-order valence-corrected chi connectivity index (χ1v) is 4.39. The molecule has 13 heavy (non-hydrogen) atoms. The van der Waals surface area contributed by atoms with Crippen molar-refractivity contribution in [2.45, 2.75) is 27.2 Å². The molecular formula is C9H15N3O. The zero-order chi connectivity index (χ0) is 9.84. The van der Waals surface area contributed by atoms with Crippen molar-refractivity contribution >= 4 is 11.7 Å². The van der Waals surface area contributed by atoms with Crippen molar-refractivity contribution in [2.24, 2.45) is 5.92 Å². The summed E-state index contributed by atoms with van der Waals surface area (Å²) < 4.78 is 0. The molecule has 0 aliphatic carbocycles. The first-order valence-electron chi connectivity index (χ1n) is 4.39. The maximum atomic E-state index is 11.3. The van der Waals surface area contributed by atoms with E-state index in [0.29, 0.717) is 18.2 Å². The minimum atomic E-state index is 0.0300. The van der Waals surface area contributed by atoms with E-state index in [2.05, 4.69) is 15.5 Å². The lowest BCUT2D eigenvalue weighted by Gasteiger charge is -2.05. The molecule has 1 aromatic heterocycles. The molecule has 1 amide bonds. The number of aromatic amines is 1. The van der Waals surface area contributed by atoms with Crippen molar-refractivity contribution in [3.63, 3.8) is 0 Å². The van der Waals surface area contributed by atoms with Gasteiger partial charge in [0.25, 0.3) is 0 Å². The van der Waals surface area contributed by atoms with Crippen LogP contribution in [-0.2, 0) is 4.79 Å².